The number of carbonyl (C=O) groups is 1. The van der Waals surface area contributed by atoms with Crippen LogP contribution in [0, 0.1) is 0 Å². The molecule has 116 valence electrons. The van der Waals surface area contributed by atoms with Crippen molar-refractivity contribution in [3.63, 3.8) is 0 Å². The van der Waals surface area contributed by atoms with Crippen molar-refractivity contribution >= 4 is 29.1 Å². The van der Waals surface area contributed by atoms with Gasteiger partial charge in [-0.3, -0.25) is 4.79 Å². The van der Waals surface area contributed by atoms with Crippen molar-refractivity contribution in [1.82, 2.24) is 15.1 Å². The van der Waals surface area contributed by atoms with E-state index >= 15 is 0 Å². The number of aromatic nitrogens is 2. The van der Waals surface area contributed by atoms with Gasteiger partial charge in [-0.2, -0.15) is 5.10 Å². The molecular formula is C15H15Cl2N3O2. The number of halogens is 2. The fraction of sp³-hybridized carbons (Fsp3) is 0.333. The number of nitrogens with zero attached hydrogens (tertiary/aromatic N) is 2. The van der Waals surface area contributed by atoms with E-state index in [2.05, 4.69) is 10.4 Å². The third kappa shape index (κ3) is 3.11. The number of hydrogen-bond donors (Lipinski definition) is 2. The Morgan fingerprint density at radius 2 is 2.09 bits per heavy atom. The van der Waals surface area contributed by atoms with Gasteiger partial charge in [0.2, 0.25) is 0 Å². The van der Waals surface area contributed by atoms with E-state index in [9.17, 15) is 9.90 Å². The van der Waals surface area contributed by atoms with Crippen LogP contribution in [0.25, 0.3) is 5.69 Å². The van der Waals surface area contributed by atoms with Crippen molar-refractivity contribution in [2.75, 3.05) is 6.54 Å². The summed E-state index contributed by atoms with van der Waals surface area (Å²) in [5, 5.41) is 17.8. The fourth-order valence-corrected chi connectivity index (χ4v) is 2.61. The first-order valence-corrected chi connectivity index (χ1v) is 7.74. The Morgan fingerprint density at radius 3 is 2.73 bits per heavy atom. The first-order chi connectivity index (χ1) is 10.5. The number of hydrogen-bond acceptors (Lipinski definition) is 3. The highest BCUT2D eigenvalue weighted by molar-refractivity contribution is 6.42. The highest BCUT2D eigenvalue weighted by atomic mass is 35.5. The number of benzene rings is 1. The van der Waals surface area contributed by atoms with E-state index < -0.39 is 5.60 Å². The van der Waals surface area contributed by atoms with Crippen LogP contribution in [0.4, 0.5) is 0 Å². The summed E-state index contributed by atoms with van der Waals surface area (Å²) in [6.45, 7) is 0.255. The Bertz CT molecular complexity index is 711. The molecule has 2 aromatic rings. The monoisotopic (exact) mass is 339 g/mol. The van der Waals surface area contributed by atoms with Gasteiger partial charge in [-0.25, -0.2) is 4.68 Å². The quantitative estimate of drug-likeness (QED) is 0.899. The molecule has 0 saturated heterocycles. The van der Waals surface area contributed by atoms with Crippen molar-refractivity contribution in [1.29, 1.82) is 0 Å². The first kappa shape index (κ1) is 15.3. The summed E-state index contributed by atoms with van der Waals surface area (Å²) in [5.74, 6) is -0.306. The Morgan fingerprint density at radius 1 is 1.32 bits per heavy atom. The maximum absolute atomic E-state index is 12.1. The lowest BCUT2D eigenvalue weighted by molar-refractivity contribution is -0.0300. The van der Waals surface area contributed by atoms with Gasteiger partial charge in [-0.05, 0) is 43.5 Å². The van der Waals surface area contributed by atoms with Gasteiger partial charge in [0.05, 0.1) is 21.3 Å². The van der Waals surface area contributed by atoms with Crippen molar-refractivity contribution < 1.29 is 9.90 Å². The molecule has 1 amide bonds. The predicted molar refractivity (Wildman–Crippen MR) is 84.7 cm³/mol. The Balaban J connectivity index is 1.69. The third-order valence-electron chi connectivity index (χ3n) is 3.85. The summed E-state index contributed by atoms with van der Waals surface area (Å²) in [6, 6.07) is 6.73. The van der Waals surface area contributed by atoms with Crippen molar-refractivity contribution in [3.8, 4) is 5.69 Å². The Hall–Kier alpha value is -1.56. The van der Waals surface area contributed by atoms with Gasteiger partial charge in [-0.15, -0.1) is 0 Å². The molecule has 1 heterocycles. The second-order valence-electron chi connectivity index (χ2n) is 5.50. The van der Waals surface area contributed by atoms with Crippen LogP contribution >= 0.6 is 23.2 Å². The standard InChI is InChI=1S/C15H15Cl2N3O2/c16-11-3-2-10(8-12(11)17)20-7-4-13(19-20)14(21)18-9-15(22)5-1-6-15/h2-4,7-8,22H,1,5-6,9H2,(H,18,21). The number of rotatable bonds is 4. The molecule has 0 unspecified atom stereocenters. The zero-order chi connectivity index (χ0) is 15.7. The van der Waals surface area contributed by atoms with E-state index in [4.69, 9.17) is 23.2 Å². The van der Waals surface area contributed by atoms with Crippen LogP contribution in [0.1, 0.15) is 29.8 Å². The van der Waals surface area contributed by atoms with Crippen LogP contribution in [0.5, 0.6) is 0 Å². The van der Waals surface area contributed by atoms with Crippen LogP contribution in [0.2, 0.25) is 10.0 Å². The molecule has 7 heteroatoms. The first-order valence-electron chi connectivity index (χ1n) is 6.99. The highest BCUT2D eigenvalue weighted by Gasteiger charge is 2.34. The molecule has 0 spiro atoms. The molecule has 1 aliphatic carbocycles. The zero-order valence-electron chi connectivity index (χ0n) is 11.7. The van der Waals surface area contributed by atoms with Crippen LogP contribution in [-0.2, 0) is 0 Å². The van der Waals surface area contributed by atoms with E-state index in [-0.39, 0.29) is 18.1 Å². The van der Waals surface area contributed by atoms with Gasteiger partial charge in [0.25, 0.3) is 5.91 Å². The molecule has 1 aromatic heterocycles. The van der Waals surface area contributed by atoms with Gasteiger partial charge < -0.3 is 10.4 Å². The van der Waals surface area contributed by atoms with Crippen molar-refractivity contribution in [2.45, 2.75) is 24.9 Å². The average Bonchev–Trinajstić information content (AvgIpc) is 2.95. The van der Waals surface area contributed by atoms with E-state index in [1.54, 1.807) is 35.1 Å². The van der Waals surface area contributed by atoms with Gasteiger partial charge in [0, 0.05) is 12.7 Å². The maximum atomic E-state index is 12.1. The second kappa shape index (κ2) is 5.91. The average molecular weight is 340 g/mol. The van der Waals surface area contributed by atoms with E-state index in [1.807, 2.05) is 0 Å². The third-order valence-corrected chi connectivity index (χ3v) is 4.59. The molecule has 1 fully saturated rings. The van der Waals surface area contributed by atoms with Crippen LogP contribution in [0.15, 0.2) is 30.5 Å². The summed E-state index contributed by atoms with van der Waals surface area (Å²) >= 11 is 11.9. The van der Waals surface area contributed by atoms with E-state index in [0.717, 1.165) is 19.3 Å². The van der Waals surface area contributed by atoms with Crippen LogP contribution < -0.4 is 5.32 Å². The molecule has 22 heavy (non-hydrogen) atoms. The molecule has 5 nitrogen and oxygen atoms in total. The molecule has 0 aliphatic heterocycles. The lowest BCUT2D eigenvalue weighted by atomic mass is 9.80. The number of amides is 1. The molecule has 1 saturated carbocycles. The Labute approximate surface area is 137 Å². The molecule has 1 aromatic carbocycles. The molecule has 3 rings (SSSR count). The van der Waals surface area contributed by atoms with Crippen LogP contribution in [-0.4, -0.2) is 32.9 Å². The molecule has 0 bridgehead atoms. The van der Waals surface area contributed by atoms with Gasteiger partial charge in [0.1, 0.15) is 0 Å². The summed E-state index contributed by atoms with van der Waals surface area (Å²) < 4.78 is 1.55. The summed E-state index contributed by atoms with van der Waals surface area (Å²) in [7, 11) is 0. The SMILES string of the molecule is O=C(NCC1(O)CCC1)c1ccn(-c2ccc(Cl)c(Cl)c2)n1. The summed E-state index contributed by atoms with van der Waals surface area (Å²) in [6.07, 6.45) is 4.13. The maximum Gasteiger partial charge on any atom is 0.271 e. The lowest BCUT2D eigenvalue weighted by Gasteiger charge is -2.36. The smallest absolute Gasteiger partial charge is 0.271 e. The molecular weight excluding hydrogens is 325 g/mol. The number of nitrogens with one attached hydrogen (secondary N) is 1. The minimum Gasteiger partial charge on any atom is -0.388 e. The van der Waals surface area contributed by atoms with Gasteiger partial charge in [-0.1, -0.05) is 23.2 Å². The van der Waals surface area contributed by atoms with E-state index in [0.29, 0.717) is 15.7 Å². The molecule has 0 atom stereocenters. The number of carbonyl (C=O) groups excluding carboxylic acids is 1. The van der Waals surface area contributed by atoms with Crippen molar-refractivity contribution in [3.05, 3.63) is 46.2 Å². The summed E-state index contributed by atoms with van der Waals surface area (Å²) in [5.41, 5.74) is 0.252. The van der Waals surface area contributed by atoms with Crippen LogP contribution in [0.3, 0.4) is 0 Å². The molecule has 0 radical (unpaired) electrons. The zero-order valence-corrected chi connectivity index (χ0v) is 13.2. The number of aliphatic hydroxyl groups is 1. The summed E-state index contributed by atoms with van der Waals surface area (Å²) in [4.78, 5) is 12.1. The minimum atomic E-state index is -0.748. The highest BCUT2D eigenvalue weighted by Crippen LogP contribution is 2.30. The van der Waals surface area contributed by atoms with Crippen molar-refractivity contribution in [2.24, 2.45) is 0 Å². The Kier molecular flexibility index (Phi) is 4.12. The van der Waals surface area contributed by atoms with Gasteiger partial charge >= 0.3 is 0 Å². The van der Waals surface area contributed by atoms with E-state index in [1.165, 1.54) is 0 Å². The predicted octanol–water partition coefficient (Wildman–Crippen LogP) is 2.82. The normalized spacial score (nSPS) is 16.1. The largest absolute Gasteiger partial charge is 0.388 e. The van der Waals surface area contributed by atoms with Gasteiger partial charge in [0.15, 0.2) is 5.69 Å². The lowest BCUT2D eigenvalue weighted by Crippen LogP contribution is -2.47. The fourth-order valence-electron chi connectivity index (χ4n) is 2.31. The second-order valence-corrected chi connectivity index (χ2v) is 6.32. The minimum absolute atomic E-state index is 0.255. The molecule has 2 N–H and O–H groups in total. The molecule has 1 aliphatic rings. The topological polar surface area (TPSA) is 67.2 Å².